The summed E-state index contributed by atoms with van der Waals surface area (Å²) in [5.41, 5.74) is 1.02. The largest absolute Gasteiger partial charge is 0.457 e. The third kappa shape index (κ3) is 3.12. The lowest BCUT2D eigenvalue weighted by Gasteiger charge is -2.23. The number of para-hydroxylation sites is 1. The number of likely N-dealkylation sites (tertiary alicyclic amines) is 1. The number of ether oxygens (including phenoxy) is 1. The number of rotatable bonds is 4. The fourth-order valence-corrected chi connectivity index (χ4v) is 2.62. The molecule has 1 amide bonds. The second-order valence-corrected chi connectivity index (χ2v) is 5.59. The molecule has 1 heterocycles. The van der Waals surface area contributed by atoms with E-state index in [1.165, 1.54) is 0 Å². The summed E-state index contributed by atoms with van der Waals surface area (Å²) in [7, 11) is 0. The lowest BCUT2D eigenvalue weighted by molar-refractivity contribution is -0.129. The molecule has 114 valence electrons. The number of aliphatic hydroxyl groups excluding tert-OH is 1. The molecule has 1 fully saturated rings. The summed E-state index contributed by atoms with van der Waals surface area (Å²) in [5.74, 6) is 1.56. The van der Waals surface area contributed by atoms with Crippen LogP contribution in [0.4, 0.5) is 0 Å². The van der Waals surface area contributed by atoms with E-state index in [0.29, 0.717) is 6.54 Å². The Kier molecular flexibility index (Phi) is 4.11. The van der Waals surface area contributed by atoms with E-state index in [-0.39, 0.29) is 18.4 Å². The van der Waals surface area contributed by atoms with Crippen molar-refractivity contribution < 1.29 is 14.6 Å². The van der Waals surface area contributed by atoms with Crippen LogP contribution in [0.15, 0.2) is 54.6 Å². The smallest absolute Gasteiger partial charge is 0.225 e. The van der Waals surface area contributed by atoms with Crippen molar-refractivity contribution in [2.75, 3.05) is 0 Å². The molecule has 2 atom stereocenters. The van der Waals surface area contributed by atoms with Crippen LogP contribution in [0.2, 0.25) is 0 Å². The average molecular weight is 297 g/mol. The number of carbonyl (C=O) groups is 1. The van der Waals surface area contributed by atoms with Crippen LogP contribution >= 0.6 is 0 Å². The molecule has 0 aromatic heterocycles. The molecule has 1 N–H and O–H groups in total. The minimum atomic E-state index is -0.562. The van der Waals surface area contributed by atoms with Gasteiger partial charge < -0.3 is 14.7 Å². The van der Waals surface area contributed by atoms with Gasteiger partial charge in [0.2, 0.25) is 5.91 Å². The lowest BCUT2D eigenvalue weighted by Crippen LogP contribution is -2.33. The highest BCUT2D eigenvalue weighted by atomic mass is 16.5. The van der Waals surface area contributed by atoms with Crippen molar-refractivity contribution in [2.45, 2.75) is 32.0 Å². The molecule has 1 aliphatic heterocycles. The molecule has 0 bridgehead atoms. The number of hydrogen-bond acceptors (Lipinski definition) is 3. The number of aliphatic hydroxyl groups is 1. The van der Waals surface area contributed by atoms with Gasteiger partial charge in [0.15, 0.2) is 0 Å². The molecule has 0 radical (unpaired) electrons. The Bertz CT molecular complexity index is 639. The Morgan fingerprint density at radius 3 is 2.32 bits per heavy atom. The summed E-state index contributed by atoms with van der Waals surface area (Å²) >= 11 is 0. The van der Waals surface area contributed by atoms with Crippen molar-refractivity contribution in [2.24, 2.45) is 0 Å². The molecule has 1 saturated heterocycles. The molecule has 4 nitrogen and oxygen atoms in total. The Labute approximate surface area is 130 Å². The molecular formula is C18H19NO3. The summed E-state index contributed by atoms with van der Waals surface area (Å²) in [6.07, 6.45) is -0.343. The van der Waals surface area contributed by atoms with Crippen molar-refractivity contribution >= 4 is 5.91 Å². The van der Waals surface area contributed by atoms with Gasteiger partial charge in [-0.2, -0.15) is 0 Å². The van der Waals surface area contributed by atoms with Crippen LogP contribution in [0.25, 0.3) is 0 Å². The predicted molar refractivity (Wildman–Crippen MR) is 83.6 cm³/mol. The lowest BCUT2D eigenvalue weighted by atomic mass is 10.1. The minimum Gasteiger partial charge on any atom is -0.457 e. The van der Waals surface area contributed by atoms with E-state index < -0.39 is 6.10 Å². The Morgan fingerprint density at radius 1 is 1.09 bits per heavy atom. The second kappa shape index (κ2) is 6.20. The summed E-state index contributed by atoms with van der Waals surface area (Å²) in [6.45, 7) is 2.39. The summed E-state index contributed by atoms with van der Waals surface area (Å²) < 4.78 is 5.74. The van der Waals surface area contributed by atoms with Gasteiger partial charge in [-0.1, -0.05) is 30.3 Å². The van der Waals surface area contributed by atoms with Crippen molar-refractivity contribution in [3.8, 4) is 11.5 Å². The van der Waals surface area contributed by atoms with E-state index in [2.05, 4.69) is 0 Å². The normalized spacial score (nSPS) is 21.2. The van der Waals surface area contributed by atoms with Crippen molar-refractivity contribution in [3.05, 3.63) is 60.2 Å². The number of nitrogens with zero attached hydrogens (tertiary/aromatic N) is 1. The fraction of sp³-hybridized carbons (Fsp3) is 0.278. The molecule has 0 saturated carbocycles. The highest BCUT2D eigenvalue weighted by Crippen LogP contribution is 2.24. The van der Waals surface area contributed by atoms with Gasteiger partial charge in [0, 0.05) is 6.54 Å². The average Bonchev–Trinajstić information content (AvgIpc) is 2.77. The number of hydrogen-bond donors (Lipinski definition) is 1. The summed E-state index contributed by atoms with van der Waals surface area (Å²) in [4.78, 5) is 13.6. The third-order valence-corrected chi connectivity index (χ3v) is 4.01. The molecular weight excluding hydrogens is 278 g/mol. The molecule has 4 heteroatoms. The van der Waals surface area contributed by atoms with Crippen molar-refractivity contribution in [1.82, 2.24) is 4.90 Å². The van der Waals surface area contributed by atoms with Gasteiger partial charge in [-0.15, -0.1) is 0 Å². The Morgan fingerprint density at radius 2 is 1.73 bits per heavy atom. The summed E-state index contributed by atoms with van der Waals surface area (Å²) in [6, 6.07) is 17.1. The van der Waals surface area contributed by atoms with Crippen molar-refractivity contribution in [1.29, 1.82) is 0 Å². The predicted octanol–water partition coefficient (Wildman–Crippen LogP) is 2.96. The zero-order valence-electron chi connectivity index (χ0n) is 12.5. The first-order chi connectivity index (χ1) is 10.6. The van der Waals surface area contributed by atoms with Gasteiger partial charge in [0.25, 0.3) is 0 Å². The van der Waals surface area contributed by atoms with Gasteiger partial charge in [-0.05, 0) is 36.8 Å². The van der Waals surface area contributed by atoms with Crippen LogP contribution in [-0.2, 0) is 11.3 Å². The number of benzene rings is 2. The topological polar surface area (TPSA) is 49.8 Å². The maximum atomic E-state index is 11.8. The first-order valence-corrected chi connectivity index (χ1v) is 7.43. The highest BCUT2D eigenvalue weighted by molar-refractivity contribution is 5.79. The van der Waals surface area contributed by atoms with Gasteiger partial charge in [-0.25, -0.2) is 0 Å². The third-order valence-electron chi connectivity index (χ3n) is 4.01. The van der Waals surface area contributed by atoms with E-state index in [1.807, 2.05) is 61.5 Å². The molecule has 0 aliphatic carbocycles. The molecule has 1 aliphatic rings. The first-order valence-electron chi connectivity index (χ1n) is 7.43. The molecule has 3 rings (SSSR count). The van der Waals surface area contributed by atoms with Crippen LogP contribution in [0, 0.1) is 0 Å². The van der Waals surface area contributed by atoms with E-state index in [9.17, 15) is 9.90 Å². The van der Waals surface area contributed by atoms with Crippen LogP contribution < -0.4 is 4.74 Å². The zero-order valence-corrected chi connectivity index (χ0v) is 12.5. The standard InChI is InChI=1S/C18H19NO3/c1-13-17(20)11-18(21)19(13)12-14-7-9-16(10-8-14)22-15-5-3-2-4-6-15/h2-10,13,17,20H,11-12H2,1H3/t13-,17?/m0/s1. The first kappa shape index (κ1) is 14.6. The monoisotopic (exact) mass is 297 g/mol. The van der Waals surface area contributed by atoms with Crippen molar-refractivity contribution in [3.63, 3.8) is 0 Å². The van der Waals surface area contributed by atoms with Gasteiger partial charge >= 0.3 is 0 Å². The quantitative estimate of drug-likeness (QED) is 0.944. The number of carbonyl (C=O) groups excluding carboxylic acids is 1. The van der Waals surface area contributed by atoms with E-state index in [0.717, 1.165) is 17.1 Å². The molecule has 2 aromatic carbocycles. The number of amides is 1. The maximum Gasteiger partial charge on any atom is 0.225 e. The Hall–Kier alpha value is -2.33. The van der Waals surface area contributed by atoms with Gasteiger partial charge in [0.05, 0.1) is 18.6 Å². The Balaban J connectivity index is 1.66. The van der Waals surface area contributed by atoms with E-state index >= 15 is 0 Å². The maximum absolute atomic E-state index is 11.8. The van der Waals surface area contributed by atoms with Crippen LogP contribution in [0.5, 0.6) is 11.5 Å². The molecule has 1 unspecified atom stereocenters. The van der Waals surface area contributed by atoms with E-state index in [1.54, 1.807) is 4.90 Å². The zero-order chi connectivity index (χ0) is 15.5. The molecule has 0 spiro atoms. The van der Waals surface area contributed by atoms with E-state index in [4.69, 9.17) is 4.74 Å². The minimum absolute atomic E-state index is 0.00427. The van der Waals surface area contributed by atoms with Gasteiger partial charge in [0.1, 0.15) is 11.5 Å². The SMILES string of the molecule is C[C@H]1C(O)CC(=O)N1Cc1ccc(Oc2ccccc2)cc1. The van der Waals surface area contributed by atoms with Crippen LogP contribution in [-0.4, -0.2) is 28.1 Å². The molecule has 2 aromatic rings. The van der Waals surface area contributed by atoms with Crippen LogP contribution in [0.3, 0.4) is 0 Å². The second-order valence-electron chi connectivity index (χ2n) is 5.59. The highest BCUT2D eigenvalue weighted by Gasteiger charge is 2.35. The molecule has 22 heavy (non-hydrogen) atoms. The fourth-order valence-electron chi connectivity index (χ4n) is 2.62. The summed E-state index contributed by atoms with van der Waals surface area (Å²) in [5, 5.41) is 9.74. The van der Waals surface area contributed by atoms with Crippen LogP contribution in [0.1, 0.15) is 18.9 Å². The van der Waals surface area contributed by atoms with Gasteiger partial charge in [-0.3, -0.25) is 4.79 Å².